The van der Waals surface area contributed by atoms with Gasteiger partial charge in [0.2, 0.25) is 0 Å². The van der Waals surface area contributed by atoms with Gasteiger partial charge in [-0.2, -0.15) is 0 Å². The SMILES string of the molecule is COC(=O)C1CCC2=C(C)C(=O)CC3C4C(C)(C)CCC4(C)CC213. The van der Waals surface area contributed by atoms with E-state index in [4.69, 9.17) is 4.74 Å². The van der Waals surface area contributed by atoms with Crippen molar-refractivity contribution < 1.29 is 14.3 Å². The van der Waals surface area contributed by atoms with E-state index in [1.165, 1.54) is 25.5 Å². The van der Waals surface area contributed by atoms with Crippen LogP contribution in [0, 0.1) is 34.0 Å². The van der Waals surface area contributed by atoms with Crippen molar-refractivity contribution >= 4 is 11.8 Å². The molecule has 0 aromatic rings. The van der Waals surface area contributed by atoms with Gasteiger partial charge in [-0.25, -0.2) is 0 Å². The van der Waals surface area contributed by atoms with E-state index < -0.39 is 0 Å². The summed E-state index contributed by atoms with van der Waals surface area (Å²) in [6.07, 6.45) is 5.90. The van der Waals surface area contributed by atoms with E-state index in [0.717, 1.165) is 24.8 Å². The van der Waals surface area contributed by atoms with Crippen LogP contribution in [0.5, 0.6) is 0 Å². The van der Waals surface area contributed by atoms with Crippen LogP contribution in [0.2, 0.25) is 0 Å². The fraction of sp³-hybridized carbons (Fsp3) is 0.810. The Morgan fingerprint density at radius 3 is 2.58 bits per heavy atom. The minimum Gasteiger partial charge on any atom is -0.469 e. The molecule has 0 saturated heterocycles. The van der Waals surface area contributed by atoms with Crippen LogP contribution >= 0.6 is 0 Å². The first-order valence-electron chi connectivity index (χ1n) is 9.49. The molecule has 0 bridgehead atoms. The van der Waals surface area contributed by atoms with Crippen molar-refractivity contribution in [1.29, 1.82) is 0 Å². The fourth-order valence-electron chi connectivity index (χ4n) is 7.72. The number of hydrogen-bond donors (Lipinski definition) is 0. The number of esters is 1. The maximum atomic E-state index is 12.8. The zero-order valence-corrected chi connectivity index (χ0v) is 15.7. The number of hydrogen-bond acceptors (Lipinski definition) is 3. The number of fused-ring (bicyclic) bond motifs is 2. The Bertz CT molecular complexity index is 658. The molecular formula is C21H30O3. The van der Waals surface area contributed by atoms with Crippen molar-refractivity contribution in [2.24, 2.45) is 34.0 Å². The van der Waals surface area contributed by atoms with E-state index in [9.17, 15) is 9.59 Å². The second-order valence-electron chi connectivity index (χ2n) is 9.79. The molecule has 1 spiro atoms. The predicted molar refractivity (Wildman–Crippen MR) is 92.2 cm³/mol. The molecule has 0 N–H and O–H groups in total. The molecule has 5 unspecified atom stereocenters. The van der Waals surface area contributed by atoms with Gasteiger partial charge in [0.1, 0.15) is 0 Å². The smallest absolute Gasteiger partial charge is 0.309 e. The van der Waals surface area contributed by atoms with Crippen molar-refractivity contribution in [1.82, 2.24) is 0 Å². The van der Waals surface area contributed by atoms with Crippen LogP contribution in [-0.4, -0.2) is 18.9 Å². The molecule has 24 heavy (non-hydrogen) atoms. The Labute approximate surface area is 145 Å². The van der Waals surface area contributed by atoms with Crippen LogP contribution in [0.1, 0.15) is 66.2 Å². The highest BCUT2D eigenvalue weighted by Crippen LogP contribution is 2.76. The topological polar surface area (TPSA) is 43.4 Å². The monoisotopic (exact) mass is 330 g/mol. The second kappa shape index (κ2) is 4.74. The summed E-state index contributed by atoms with van der Waals surface area (Å²) < 4.78 is 5.21. The maximum Gasteiger partial charge on any atom is 0.309 e. The predicted octanol–water partition coefficient (Wildman–Crippen LogP) is 4.31. The Morgan fingerprint density at radius 1 is 1.21 bits per heavy atom. The molecule has 3 fully saturated rings. The summed E-state index contributed by atoms with van der Waals surface area (Å²) in [5, 5.41) is 0. The van der Waals surface area contributed by atoms with Gasteiger partial charge >= 0.3 is 5.97 Å². The normalized spacial score (nSPS) is 45.9. The first kappa shape index (κ1) is 16.4. The highest BCUT2D eigenvalue weighted by Gasteiger charge is 2.71. The Balaban J connectivity index is 1.92. The standard InChI is InChI=1S/C21H30O3/c1-12-13-6-7-14(18(23)24-5)21(13)11-20(4)9-8-19(2,3)17(20)15(21)10-16(12)22/h14-15,17H,6-11H2,1-5H3. The lowest BCUT2D eigenvalue weighted by Gasteiger charge is -2.45. The molecule has 5 atom stereocenters. The fourth-order valence-corrected chi connectivity index (χ4v) is 7.72. The number of carbonyl (C=O) groups excluding carboxylic acids is 2. The third-order valence-electron chi connectivity index (χ3n) is 8.32. The molecule has 0 heterocycles. The summed E-state index contributed by atoms with van der Waals surface area (Å²) in [4.78, 5) is 25.4. The average Bonchev–Trinajstić information content (AvgIpc) is 3.09. The van der Waals surface area contributed by atoms with Gasteiger partial charge in [-0.05, 0) is 67.3 Å². The Hall–Kier alpha value is -1.12. The van der Waals surface area contributed by atoms with E-state index in [2.05, 4.69) is 20.8 Å². The van der Waals surface area contributed by atoms with E-state index in [0.29, 0.717) is 24.0 Å². The average molecular weight is 330 g/mol. The molecule has 0 aromatic heterocycles. The summed E-state index contributed by atoms with van der Waals surface area (Å²) in [5.74, 6) is 1.06. The molecule has 0 aromatic carbocycles. The number of Topliss-reactive ketones (excluding diaryl/α,β-unsaturated/α-hetero) is 1. The van der Waals surface area contributed by atoms with Gasteiger partial charge < -0.3 is 4.74 Å². The van der Waals surface area contributed by atoms with Crippen molar-refractivity contribution in [3.63, 3.8) is 0 Å². The minimum absolute atomic E-state index is 0.0521. The van der Waals surface area contributed by atoms with Crippen molar-refractivity contribution in [2.75, 3.05) is 7.11 Å². The molecular weight excluding hydrogens is 300 g/mol. The van der Waals surface area contributed by atoms with Gasteiger partial charge in [0.15, 0.2) is 5.78 Å². The lowest BCUT2D eigenvalue weighted by Crippen LogP contribution is -2.44. The number of ether oxygens (including phenoxy) is 1. The van der Waals surface area contributed by atoms with Gasteiger partial charge in [0.25, 0.3) is 0 Å². The Morgan fingerprint density at radius 2 is 1.92 bits per heavy atom. The van der Waals surface area contributed by atoms with E-state index >= 15 is 0 Å². The third kappa shape index (κ3) is 1.74. The molecule has 4 rings (SSSR count). The first-order valence-corrected chi connectivity index (χ1v) is 9.49. The molecule has 132 valence electrons. The molecule has 0 radical (unpaired) electrons. The van der Waals surface area contributed by atoms with E-state index in [-0.39, 0.29) is 28.1 Å². The molecule has 4 aliphatic rings. The quantitative estimate of drug-likeness (QED) is 0.673. The van der Waals surface area contributed by atoms with Crippen molar-refractivity contribution in [2.45, 2.75) is 66.2 Å². The van der Waals surface area contributed by atoms with Crippen molar-refractivity contribution in [3.05, 3.63) is 11.1 Å². The molecule has 3 saturated carbocycles. The Kier molecular flexibility index (Phi) is 3.23. The van der Waals surface area contributed by atoms with Gasteiger partial charge in [0, 0.05) is 11.8 Å². The number of ketones is 1. The van der Waals surface area contributed by atoms with Crippen LogP contribution in [0.25, 0.3) is 0 Å². The first-order chi connectivity index (χ1) is 11.2. The number of allylic oxidation sites excluding steroid dienone is 2. The summed E-state index contributed by atoms with van der Waals surface area (Å²) in [6, 6.07) is 0. The molecule has 3 nitrogen and oxygen atoms in total. The summed E-state index contributed by atoms with van der Waals surface area (Å²) in [7, 11) is 1.51. The minimum atomic E-state index is -0.109. The van der Waals surface area contributed by atoms with E-state index in [1.807, 2.05) is 6.92 Å². The molecule has 0 amide bonds. The van der Waals surface area contributed by atoms with Crippen LogP contribution in [0.3, 0.4) is 0 Å². The highest BCUT2D eigenvalue weighted by atomic mass is 16.5. The van der Waals surface area contributed by atoms with Crippen LogP contribution < -0.4 is 0 Å². The van der Waals surface area contributed by atoms with E-state index in [1.54, 1.807) is 0 Å². The molecule has 0 aliphatic heterocycles. The van der Waals surface area contributed by atoms with Crippen LogP contribution in [0.15, 0.2) is 11.1 Å². The molecule has 3 heteroatoms. The van der Waals surface area contributed by atoms with Gasteiger partial charge in [-0.3, -0.25) is 9.59 Å². The number of methoxy groups -OCH3 is 1. The number of carbonyl (C=O) groups is 2. The summed E-state index contributed by atoms with van der Waals surface area (Å²) >= 11 is 0. The van der Waals surface area contributed by atoms with Gasteiger partial charge in [-0.15, -0.1) is 0 Å². The summed E-state index contributed by atoms with van der Waals surface area (Å²) in [5.41, 5.74) is 2.66. The lowest BCUT2D eigenvalue weighted by atomic mass is 9.58. The van der Waals surface area contributed by atoms with Crippen molar-refractivity contribution in [3.8, 4) is 0 Å². The van der Waals surface area contributed by atoms with Crippen LogP contribution in [-0.2, 0) is 14.3 Å². The zero-order chi connectivity index (χ0) is 17.5. The maximum absolute atomic E-state index is 12.8. The lowest BCUT2D eigenvalue weighted by molar-refractivity contribution is -0.150. The van der Waals surface area contributed by atoms with Gasteiger partial charge in [0.05, 0.1) is 13.0 Å². The highest BCUT2D eigenvalue weighted by molar-refractivity contribution is 5.98. The summed E-state index contributed by atoms with van der Waals surface area (Å²) in [6.45, 7) is 9.17. The second-order valence-corrected chi connectivity index (χ2v) is 9.79. The molecule has 4 aliphatic carbocycles. The third-order valence-corrected chi connectivity index (χ3v) is 8.32. The zero-order valence-electron chi connectivity index (χ0n) is 15.7. The largest absolute Gasteiger partial charge is 0.469 e. The number of rotatable bonds is 1. The van der Waals surface area contributed by atoms with Crippen LogP contribution in [0.4, 0.5) is 0 Å². The van der Waals surface area contributed by atoms with Gasteiger partial charge in [-0.1, -0.05) is 26.3 Å².